The maximum absolute atomic E-state index is 4.62. The van der Waals surface area contributed by atoms with Gasteiger partial charge < -0.3 is 4.57 Å². The van der Waals surface area contributed by atoms with Gasteiger partial charge in [0.15, 0.2) is 0 Å². The predicted octanol–water partition coefficient (Wildman–Crippen LogP) is 2.52. The number of thioether (sulfide) groups is 1. The van der Waals surface area contributed by atoms with E-state index in [1.54, 1.807) is 0 Å². The lowest BCUT2D eigenvalue weighted by atomic mass is 10.0. The normalized spacial score (nSPS) is 25.5. The van der Waals surface area contributed by atoms with Crippen molar-refractivity contribution in [3.63, 3.8) is 0 Å². The van der Waals surface area contributed by atoms with Crippen molar-refractivity contribution in [3.05, 3.63) is 17.7 Å². The fourth-order valence-electron chi connectivity index (χ4n) is 2.67. The average Bonchev–Trinajstić information content (AvgIpc) is 2.89. The molecule has 3 heterocycles. The molecule has 1 unspecified atom stereocenters. The maximum Gasteiger partial charge on any atom is 0.109 e. The Morgan fingerprint density at radius 3 is 3.33 bits per heavy atom. The van der Waals surface area contributed by atoms with Gasteiger partial charge >= 0.3 is 0 Å². The van der Waals surface area contributed by atoms with Crippen LogP contribution in [0, 0.1) is 5.92 Å². The van der Waals surface area contributed by atoms with Gasteiger partial charge in [0, 0.05) is 24.9 Å². The number of aryl methyl sites for hydroxylation is 1. The van der Waals surface area contributed by atoms with Crippen LogP contribution >= 0.6 is 11.8 Å². The van der Waals surface area contributed by atoms with Crippen LogP contribution < -0.4 is 0 Å². The van der Waals surface area contributed by atoms with E-state index < -0.39 is 0 Å². The Morgan fingerprint density at radius 1 is 1.47 bits per heavy atom. The van der Waals surface area contributed by atoms with Crippen LogP contribution in [0.4, 0.5) is 0 Å². The minimum Gasteiger partial charge on any atom is -0.332 e. The van der Waals surface area contributed by atoms with E-state index in [1.165, 1.54) is 61.7 Å². The second-order valence-corrected chi connectivity index (χ2v) is 5.86. The van der Waals surface area contributed by atoms with Gasteiger partial charge in [-0.25, -0.2) is 4.98 Å². The lowest BCUT2D eigenvalue weighted by Crippen LogP contribution is -2.15. The van der Waals surface area contributed by atoms with Gasteiger partial charge in [0.2, 0.25) is 0 Å². The van der Waals surface area contributed by atoms with E-state index in [9.17, 15) is 0 Å². The fourth-order valence-corrected chi connectivity index (χ4v) is 3.95. The lowest BCUT2D eigenvalue weighted by Gasteiger charge is -2.17. The van der Waals surface area contributed by atoms with E-state index in [-0.39, 0.29) is 0 Å². The standard InChI is InChI=1S/C12H18N2S/c1-2-5-14-11(3-1)8-13-12(14)7-10-4-6-15-9-10/h8,10H,1-7,9H2. The minimum atomic E-state index is 0.892. The minimum absolute atomic E-state index is 0.892. The van der Waals surface area contributed by atoms with Crippen LogP contribution in [0.1, 0.15) is 30.8 Å². The number of aromatic nitrogens is 2. The van der Waals surface area contributed by atoms with Crippen LogP contribution in [0.5, 0.6) is 0 Å². The summed E-state index contributed by atoms with van der Waals surface area (Å²) < 4.78 is 2.48. The average molecular weight is 222 g/mol. The molecule has 1 atom stereocenters. The summed E-state index contributed by atoms with van der Waals surface area (Å²) in [5.41, 5.74) is 1.47. The van der Waals surface area contributed by atoms with Crippen molar-refractivity contribution in [2.24, 2.45) is 5.92 Å². The van der Waals surface area contributed by atoms with E-state index in [1.807, 2.05) is 0 Å². The molecular weight excluding hydrogens is 204 g/mol. The molecule has 2 nitrogen and oxygen atoms in total. The third-order valence-corrected chi connectivity index (χ3v) is 4.81. The predicted molar refractivity (Wildman–Crippen MR) is 64.3 cm³/mol. The number of hydrogen-bond acceptors (Lipinski definition) is 2. The van der Waals surface area contributed by atoms with Gasteiger partial charge in [0.1, 0.15) is 5.82 Å². The summed E-state index contributed by atoms with van der Waals surface area (Å²) in [6.07, 6.45) is 8.66. The van der Waals surface area contributed by atoms with E-state index in [2.05, 4.69) is 27.5 Å². The molecule has 0 spiro atoms. The van der Waals surface area contributed by atoms with Crippen molar-refractivity contribution in [2.75, 3.05) is 11.5 Å². The smallest absolute Gasteiger partial charge is 0.109 e. The quantitative estimate of drug-likeness (QED) is 0.765. The van der Waals surface area contributed by atoms with Crippen LogP contribution in [0.2, 0.25) is 0 Å². The number of imidazole rings is 1. The number of rotatable bonds is 2. The van der Waals surface area contributed by atoms with E-state index in [4.69, 9.17) is 0 Å². The Balaban J connectivity index is 1.76. The zero-order chi connectivity index (χ0) is 10.1. The van der Waals surface area contributed by atoms with Crippen molar-refractivity contribution in [1.82, 2.24) is 9.55 Å². The number of nitrogens with zero attached hydrogens (tertiary/aromatic N) is 2. The first-order valence-electron chi connectivity index (χ1n) is 6.04. The summed E-state index contributed by atoms with van der Waals surface area (Å²) in [4.78, 5) is 4.62. The molecule has 0 radical (unpaired) electrons. The molecule has 1 fully saturated rings. The summed E-state index contributed by atoms with van der Waals surface area (Å²) in [6.45, 7) is 1.21. The van der Waals surface area contributed by atoms with Gasteiger partial charge in [-0.15, -0.1) is 0 Å². The lowest BCUT2D eigenvalue weighted by molar-refractivity contribution is 0.488. The summed E-state index contributed by atoms with van der Waals surface area (Å²) in [6, 6.07) is 0. The second-order valence-electron chi connectivity index (χ2n) is 4.71. The molecule has 2 aliphatic rings. The number of fused-ring (bicyclic) bond motifs is 1. The van der Waals surface area contributed by atoms with Gasteiger partial charge in [-0.3, -0.25) is 0 Å². The summed E-state index contributed by atoms with van der Waals surface area (Å²) in [7, 11) is 0. The van der Waals surface area contributed by atoms with Gasteiger partial charge in [-0.1, -0.05) is 0 Å². The first-order valence-corrected chi connectivity index (χ1v) is 7.20. The van der Waals surface area contributed by atoms with Crippen LogP contribution in [0.3, 0.4) is 0 Å². The molecule has 1 saturated heterocycles. The van der Waals surface area contributed by atoms with Crippen LogP contribution in [0.25, 0.3) is 0 Å². The molecule has 82 valence electrons. The highest BCUT2D eigenvalue weighted by Gasteiger charge is 2.20. The largest absolute Gasteiger partial charge is 0.332 e. The fraction of sp³-hybridized carbons (Fsp3) is 0.750. The molecule has 0 amide bonds. The Hall–Kier alpha value is -0.440. The monoisotopic (exact) mass is 222 g/mol. The molecule has 1 aromatic rings. The van der Waals surface area contributed by atoms with E-state index in [0.29, 0.717) is 0 Å². The van der Waals surface area contributed by atoms with Gasteiger partial charge in [0.05, 0.1) is 0 Å². The molecule has 0 bridgehead atoms. The highest BCUT2D eigenvalue weighted by atomic mass is 32.2. The third kappa shape index (κ3) is 1.94. The molecule has 0 N–H and O–H groups in total. The van der Waals surface area contributed by atoms with Crippen LogP contribution in [0.15, 0.2) is 6.20 Å². The highest BCUT2D eigenvalue weighted by Crippen LogP contribution is 2.27. The number of hydrogen-bond donors (Lipinski definition) is 0. The van der Waals surface area contributed by atoms with Crippen LogP contribution in [-0.4, -0.2) is 21.1 Å². The molecule has 2 aliphatic heterocycles. The van der Waals surface area contributed by atoms with Crippen molar-refractivity contribution < 1.29 is 0 Å². The Labute approximate surface area is 95.5 Å². The first-order chi connectivity index (χ1) is 7.43. The summed E-state index contributed by atoms with van der Waals surface area (Å²) >= 11 is 2.10. The molecule has 15 heavy (non-hydrogen) atoms. The van der Waals surface area contributed by atoms with Gasteiger partial charge in [0.25, 0.3) is 0 Å². The Morgan fingerprint density at radius 2 is 2.47 bits per heavy atom. The highest BCUT2D eigenvalue weighted by molar-refractivity contribution is 7.99. The molecule has 3 rings (SSSR count). The zero-order valence-corrected chi connectivity index (χ0v) is 9.93. The van der Waals surface area contributed by atoms with E-state index >= 15 is 0 Å². The van der Waals surface area contributed by atoms with E-state index in [0.717, 1.165) is 5.92 Å². The molecule has 3 heteroatoms. The summed E-state index contributed by atoms with van der Waals surface area (Å²) in [5.74, 6) is 4.96. The molecular formula is C12H18N2S. The molecule has 0 aliphatic carbocycles. The Kier molecular flexibility index (Phi) is 2.74. The van der Waals surface area contributed by atoms with Gasteiger partial charge in [-0.2, -0.15) is 11.8 Å². The van der Waals surface area contributed by atoms with Crippen molar-refractivity contribution in [2.45, 2.75) is 38.6 Å². The summed E-state index contributed by atoms with van der Waals surface area (Å²) in [5, 5.41) is 0. The maximum atomic E-state index is 4.62. The van der Waals surface area contributed by atoms with Crippen molar-refractivity contribution >= 4 is 11.8 Å². The second kappa shape index (κ2) is 4.20. The molecule has 1 aromatic heterocycles. The van der Waals surface area contributed by atoms with Gasteiger partial charge in [-0.05, 0) is 43.1 Å². The van der Waals surface area contributed by atoms with Crippen LogP contribution in [-0.2, 0) is 19.4 Å². The first kappa shape index (κ1) is 9.76. The zero-order valence-electron chi connectivity index (χ0n) is 9.11. The SMILES string of the molecule is c1nc(CC2CCSC2)n2c1CCCC2. The van der Waals surface area contributed by atoms with Crippen molar-refractivity contribution in [1.29, 1.82) is 0 Å². The molecule has 0 aromatic carbocycles. The van der Waals surface area contributed by atoms with Crippen molar-refractivity contribution in [3.8, 4) is 0 Å². The Bertz CT molecular complexity index is 339. The topological polar surface area (TPSA) is 17.8 Å². The third-order valence-electron chi connectivity index (χ3n) is 3.58. The molecule has 0 saturated carbocycles.